The lowest BCUT2D eigenvalue weighted by molar-refractivity contribution is 0.0680. The largest absolute Gasteiger partial charge is 0.497 e. The number of hydrogen-bond acceptors (Lipinski definition) is 6. The lowest BCUT2D eigenvalue weighted by Crippen LogP contribution is -2.33. The predicted molar refractivity (Wildman–Crippen MR) is 120 cm³/mol. The van der Waals surface area contributed by atoms with E-state index in [9.17, 15) is 17.6 Å². The molecule has 0 saturated carbocycles. The highest BCUT2D eigenvalue weighted by Gasteiger charge is 2.19. The Bertz CT molecular complexity index is 1180. The molecule has 9 heteroatoms. The molecule has 0 fully saturated rings. The summed E-state index contributed by atoms with van der Waals surface area (Å²) in [6.45, 7) is 0.836. The Kier molecular flexibility index (Phi) is 8.02. The average Bonchev–Trinajstić information content (AvgIpc) is 2.82. The minimum atomic E-state index is -4.01. The van der Waals surface area contributed by atoms with Gasteiger partial charge in [-0.2, -0.15) is 8.42 Å². The summed E-state index contributed by atoms with van der Waals surface area (Å²) in [5.74, 6) is -0.167. The second-order valence-corrected chi connectivity index (χ2v) is 8.63. The van der Waals surface area contributed by atoms with Crippen molar-refractivity contribution in [2.75, 3.05) is 27.4 Å². The van der Waals surface area contributed by atoms with E-state index in [2.05, 4.69) is 0 Å². The van der Waals surface area contributed by atoms with Crippen LogP contribution < -0.4 is 8.92 Å². The van der Waals surface area contributed by atoms with E-state index in [1.807, 2.05) is 0 Å². The van der Waals surface area contributed by atoms with Crippen molar-refractivity contribution in [1.82, 2.24) is 4.90 Å². The summed E-state index contributed by atoms with van der Waals surface area (Å²) < 4.78 is 53.9. The van der Waals surface area contributed by atoms with Crippen LogP contribution in [-0.4, -0.2) is 46.6 Å². The van der Waals surface area contributed by atoms with Gasteiger partial charge in [-0.3, -0.25) is 4.79 Å². The molecule has 0 bridgehead atoms. The topological polar surface area (TPSA) is 82.1 Å². The zero-order chi connectivity index (χ0) is 23.8. The summed E-state index contributed by atoms with van der Waals surface area (Å²) in [5, 5.41) is 0. The monoisotopic (exact) mass is 473 g/mol. The second-order valence-electron chi connectivity index (χ2n) is 7.09. The van der Waals surface area contributed by atoms with Crippen LogP contribution in [0, 0.1) is 5.82 Å². The van der Waals surface area contributed by atoms with Crippen LogP contribution in [0.4, 0.5) is 4.39 Å². The maximum Gasteiger partial charge on any atom is 0.339 e. The van der Waals surface area contributed by atoms with Crippen molar-refractivity contribution in [3.63, 3.8) is 0 Å². The number of amides is 1. The molecular formula is C24H24FNO6S. The number of carbonyl (C=O) groups excluding carboxylic acids is 1. The summed E-state index contributed by atoms with van der Waals surface area (Å²) in [5.41, 5.74) is 0.974. The van der Waals surface area contributed by atoms with Gasteiger partial charge in [-0.25, -0.2) is 4.39 Å². The van der Waals surface area contributed by atoms with Crippen molar-refractivity contribution in [3.05, 3.63) is 89.7 Å². The summed E-state index contributed by atoms with van der Waals surface area (Å²) in [6, 6.07) is 17.7. The molecule has 174 valence electrons. The number of carbonyl (C=O) groups is 1. The van der Waals surface area contributed by atoms with E-state index in [4.69, 9.17) is 13.7 Å². The molecule has 3 aromatic rings. The fraction of sp³-hybridized carbons (Fsp3) is 0.208. The van der Waals surface area contributed by atoms with Crippen molar-refractivity contribution in [1.29, 1.82) is 0 Å². The van der Waals surface area contributed by atoms with Crippen LogP contribution in [0.15, 0.2) is 77.7 Å². The zero-order valence-corrected chi connectivity index (χ0v) is 19.0. The summed E-state index contributed by atoms with van der Waals surface area (Å²) in [6.07, 6.45) is 0. The maximum atomic E-state index is 13.5. The highest BCUT2D eigenvalue weighted by Crippen LogP contribution is 2.22. The number of rotatable bonds is 10. The fourth-order valence-corrected chi connectivity index (χ4v) is 3.98. The normalized spacial score (nSPS) is 11.1. The third kappa shape index (κ3) is 6.53. The van der Waals surface area contributed by atoms with Crippen molar-refractivity contribution in [2.45, 2.75) is 11.4 Å². The van der Waals surface area contributed by atoms with Gasteiger partial charge in [0.05, 0.1) is 13.7 Å². The van der Waals surface area contributed by atoms with Crippen molar-refractivity contribution in [3.8, 4) is 11.5 Å². The van der Waals surface area contributed by atoms with Gasteiger partial charge in [-0.1, -0.05) is 18.2 Å². The maximum absolute atomic E-state index is 13.5. The molecule has 3 rings (SSSR count). The number of benzene rings is 3. The zero-order valence-electron chi connectivity index (χ0n) is 18.2. The Morgan fingerprint density at radius 1 is 0.939 bits per heavy atom. The predicted octanol–water partition coefficient (Wildman–Crippen LogP) is 3.89. The first-order valence-electron chi connectivity index (χ1n) is 10.0. The van der Waals surface area contributed by atoms with Gasteiger partial charge in [-0.05, 0) is 60.2 Å². The Morgan fingerprint density at radius 2 is 1.61 bits per heavy atom. The van der Waals surface area contributed by atoms with E-state index in [1.54, 1.807) is 18.2 Å². The van der Waals surface area contributed by atoms with E-state index >= 15 is 0 Å². The lowest BCUT2D eigenvalue weighted by atomic mass is 10.1. The van der Waals surface area contributed by atoms with Gasteiger partial charge in [0.1, 0.15) is 22.2 Å². The third-order valence-electron chi connectivity index (χ3n) is 4.77. The van der Waals surface area contributed by atoms with Gasteiger partial charge in [-0.15, -0.1) is 0 Å². The first kappa shape index (κ1) is 24.2. The smallest absolute Gasteiger partial charge is 0.339 e. The first-order chi connectivity index (χ1) is 15.8. The van der Waals surface area contributed by atoms with E-state index in [-0.39, 0.29) is 28.7 Å². The molecule has 0 spiro atoms. The first-order valence-corrected chi connectivity index (χ1v) is 11.4. The molecule has 0 aromatic heterocycles. The summed E-state index contributed by atoms with van der Waals surface area (Å²) in [4.78, 5) is 14.4. The SMILES string of the molecule is COCCN(Cc1ccc(OS(=O)(=O)c2ccc(OC)cc2)cc1)C(=O)c1cccc(F)c1. The molecular weight excluding hydrogens is 449 g/mol. The Balaban J connectivity index is 1.72. The molecule has 0 atom stereocenters. The molecule has 0 saturated heterocycles. The van der Waals surface area contributed by atoms with Gasteiger partial charge in [0.15, 0.2) is 0 Å². The molecule has 3 aromatic carbocycles. The minimum Gasteiger partial charge on any atom is -0.497 e. The highest BCUT2D eigenvalue weighted by molar-refractivity contribution is 7.87. The van der Waals surface area contributed by atoms with Gasteiger partial charge in [0.2, 0.25) is 0 Å². The lowest BCUT2D eigenvalue weighted by Gasteiger charge is -2.23. The van der Waals surface area contributed by atoms with E-state index in [1.165, 1.54) is 73.7 Å². The molecule has 0 heterocycles. The van der Waals surface area contributed by atoms with Gasteiger partial charge < -0.3 is 18.6 Å². The average molecular weight is 474 g/mol. The Hall–Kier alpha value is -3.43. The van der Waals surface area contributed by atoms with Gasteiger partial charge in [0.25, 0.3) is 5.91 Å². The van der Waals surface area contributed by atoms with E-state index < -0.39 is 15.9 Å². The molecule has 7 nitrogen and oxygen atoms in total. The molecule has 1 amide bonds. The van der Waals surface area contributed by atoms with Crippen LogP contribution in [0.1, 0.15) is 15.9 Å². The van der Waals surface area contributed by atoms with Crippen molar-refractivity contribution in [2.24, 2.45) is 0 Å². The van der Waals surface area contributed by atoms with E-state index in [0.717, 1.165) is 5.56 Å². The van der Waals surface area contributed by atoms with Crippen molar-refractivity contribution < 1.29 is 31.3 Å². The third-order valence-corrected chi connectivity index (χ3v) is 6.04. The molecule has 0 aliphatic rings. The number of ether oxygens (including phenoxy) is 2. The molecule has 0 N–H and O–H groups in total. The molecule has 33 heavy (non-hydrogen) atoms. The second kappa shape index (κ2) is 10.9. The van der Waals surface area contributed by atoms with E-state index in [0.29, 0.717) is 18.9 Å². The number of halogens is 1. The molecule has 0 aliphatic heterocycles. The Morgan fingerprint density at radius 3 is 2.21 bits per heavy atom. The minimum absolute atomic E-state index is 0.00110. The summed E-state index contributed by atoms with van der Waals surface area (Å²) in [7, 11) is -0.994. The van der Waals surface area contributed by atoms with Crippen LogP contribution in [-0.2, 0) is 21.4 Å². The number of hydrogen-bond donors (Lipinski definition) is 0. The van der Waals surface area contributed by atoms with Crippen LogP contribution in [0.5, 0.6) is 11.5 Å². The molecule has 0 aliphatic carbocycles. The quantitative estimate of drug-likeness (QED) is 0.416. The highest BCUT2D eigenvalue weighted by atomic mass is 32.2. The van der Waals surface area contributed by atoms with Crippen molar-refractivity contribution >= 4 is 16.0 Å². The number of nitrogens with zero attached hydrogens (tertiary/aromatic N) is 1. The number of methoxy groups -OCH3 is 2. The summed E-state index contributed by atoms with van der Waals surface area (Å²) >= 11 is 0. The van der Waals surface area contributed by atoms with Crippen LogP contribution in [0.3, 0.4) is 0 Å². The molecule has 0 unspecified atom stereocenters. The van der Waals surface area contributed by atoms with Crippen LogP contribution >= 0.6 is 0 Å². The van der Waals surface area contributed by atoms with Gasteiger partial charge >= 0.3 is 10.1 Å². The van der Waals surface area contributed by atoms with Crippen LogP contribution in [0.25, 0.3) is 0 Å². The van der Waals surface area contributed by atoms with Crippen LogP contribution in [0.2, 0.25) is 0 Å². The fourth-order valence-electron chi connectivity index (χ4n) is 3.05. The van der Waals surface area contributed by atoms with Gasteiger partial charge in [0, 0.05) is 25.8 Å². The molecule has 0 radical (unpaired) electrons. The standard InChI is InChI=1S/C24H24FNO6S/c1-30-15-14-26(24(27)19-4-3-5-20(25)16-19)17-18-6-8-22(9-7-18)32-33(28,29)23-12-10-21(31-2)11-13-23/h3-13,16H,14-15,17H2,1-2H3. The Labute approximate surface area is 192 Å².